The van der Waals surface area contributed by atoms with Crippen molar-refractivity contribution in [1.82, 2.24) is 0 Å². The fraction of sp³-hybridized carbons (Fsp3) is 0.500. The van der Waals surface area contributed by atoms with E-state index in [2.05, 4.69) is 16.4 Å². The summed E-state index contributed by atoms with van der Waals surface area (Å²) < 4.78 is 14.1. The molecule has 15 heavy (non-hydrogen) atoms. The van der Waals surface area contributed by atoms with Gasteiger partial charge in [-0.3, -0.25) is 0 Å². The molecule has 0 rings (SSSR count). The van der Waals surface area contributed by atoms with Crippen molar-refractivity contribution in [2.75, 3.05) is 19.8 Å². The van der Waals surface area contributed by atoms with Gasteiger partial charge in [-0.25, -0.2) is 9.59 Å². The van der Waals surface area contributed by atoms with Crippen LogP contribution in [0.2, 0.25) is 0 Å². The van der Waals surface area contributed by atoms with Crippen molar-refractivity contribution in [2.24, 2.45) is 0 Å². The molecule has 84 valence electrons. The molecule has 0 fully saturated rings. The Kier molecular flexibility index (Phi) is 6.88. The number of hydrogen-bond donors (Lipinski definition) is 0. The van der Waals surface area contributed by atoms with Gasteiger partial charge in [0.1, 0.15) is 13.2 Å². The highest BCUT2D eigenvalue weighted by Crippen LogP contribution is 2.02. The van der Waals surface area contributed by atoms with Crippen molar-refractivity contribution in [3.63, 3.8) is 0 Å². The van der Waals surface area contributed by atoms with Crippen LogP contribution in [0.1, 0.15) is 13.8 Å². The number of rotatable bonds is 6. The van der Waals surface area contributed by atoms with Crippen LogP contribution in [0.4, 0.5) is 0 Å². The minimum Gasteiger partial charge on any atom is -0.500 e. The lowest BCUT2D eigenvalue weighted by Gasteiger charge is -2.04. The van der Waals surface area contributed by atoms with E-state index in [1.165, 1.54) is 0 Å². The second-order valence-corrected chi connectivity index (χ2v) is 2.34. The molecule has 0 spiro atoms. The van der Waals surface area contributed by atoms with Crippen LogP contribution in [0.15, 0.2) is 11.8 Å². The smallest absolute Gasteiger partial charge is 0.352 e. The highest BCUT2D eigenvalue weighted by Gasteiger charge is 2.22. The minimum atomic E-state index is -0.795. The second-order valence-electron chi connectivity index (χ2n) is 2.34. The van der Waals surface area contributed by atoms with Crippen LogP contribution in [-0.2, 0) is 23.8 Å². The molecule has 0 aromatic carbocycles. The first-order chi connectivity index (χ1) is 7.17. The van der Waals surface area contributed by atoms with Crippen molar-refractivity contribution >= 4 is 11.9 Å². The lowest BCUT2D eigenvalue weighted by atomic mass is 10.3. The molecule has 0 aromatic rings. The van der Waals surface area contributed by atoms with Crippen molar-refractivity contribution in [3.8, 4) is 0 Å². The highest BCUT2D eigenvalue weighted by molar-refractivity contribution is 6.13. The number of carbonyl (C=O) groups excluding carboxylic acids is 2. The van der Waals surface area contributed by atoms with Gasteiger partial charge in [0, 0.05) is 0 Å². The SMILES string of the molecule is [CH2+]COC(=O)C(=COCC)C(=O)OCC. The summed E-state index contributed by atoms with van der Waals surface area (Å²) in [6.07, 6.45) is 1.04. The molecule has 0 aliphatic heterocycles. The molecule has 0 aromatic heterocycles. The normalized spacial score (nSPS) is 10.7. The Morgan fingerprint density at radius 3 is 2.20 bits per heavy atom. The van der Waals surface area contributed by atoms with Crippen LogP contribution in [0.5, 0.6) is 0 Å². The molecule has 0 saturated carbocycles. The Labute approximate surface area is 89.0 Å². The number of ether oxygens (including phenoxy) is 3. The van der Waals surface area contributed by atoms with Gasteiger partial charge in [0.15, 0.2) is 5.57 Å². The summed E-state index contributed by atoms with van der Waals surface area (Å²) in [5.74, 6) is -1.55. The maximum Gasteiger partial charge on any atom is 0.352 e. The van der Waals surface area contributed by atoms with Gasteiger partial charge in [0.25, 0.3) is 0 Å². The van der Waals surface area contributed by atoms with E-state index in [1.807, 2.05) is 0 Å². The van der Waals surface area contributed by atoms with Crippen LogP contribution in [-0.4, -0.2) is 31.8 Å². The van der Waals surface area contributed by atoms with Gasteiger partial charge in [-0.05, 0) is 13.8 Å². The molecular formula is C10H15O5+. The lowest BCUT2D eigenvalue weighted by Crippen LogP contribution is -2.18. The first-order valence-electron chi connectivity index (χ1n) is 4.62. The second kappa shape index (κ2) is 7.73. The van der Waals surface area contributed by atoms with E-state index in [9.17, 15) is 9.59 Å². The number of esters is 2. The summed E-state index contributed by atoms with van der Waals surface area (Å²) >= 11 is 0. The molecule has 0 N–H and O–H groups in total. The minimum absolute atomic E-state index is 0.0539. The van der Waals surface area contributed by atoms with Crippen LogP contribution < -0.4 is 0 Å². The monoisotopic (exact) mass is 215 g/mol. The Morgan fingerprint density at radius 1 is 1.13 bits per heavy atom. The molecule has 0 bridgehead atoms. The van der Waals surface area contributed by atoms with Crippen molar-refractivity contribution in [1.29, 1.82) is 0 Å². The molecule has 5 heteroatoms. The predicted molar refractivity (Wildman–Crippen MR) is 52.7 cm³/mol. The van der Waals surface area contributed by atoms with Crippen molar-refractivity contribution < 1.29 is 23.8 Å². The standard InChI is InChI=1S/C10H15O5/c1-4-13-7-8(9(11)14-5-2)10(12)15-6-3/h7H,2,4-6H2,1,3H3/q+1. The van der Waals surface area contributed by atoms with Gasteiger partial charge in [-0.15, -0.1) is 0 Å². The molecule has 5 nitrogen and oxygen atoms in total. The first kappa shape index (κ1) is 13.4. The van der Waals surface area contributed by atoms with Crippen LogP contribution in [0.25, 0.3) is 0 Å². The van der Waals surface area contributed by atoms with Crippen LogP contribution in [0.3, 0.4) is 0 Å². The third-order valence-corrected chi connectivity index (χ3v) is 1.32. The maximum absolute atomic E-state index is 11.3. The largest absolute Gasteiger partial charge is 0.500 e. The Hall–Kier alpha value is -1.65. The topological polar surface area (TPSA) is 61.8 Å². The van der Waals surface area contributed by atoms with Gasteiger partial charge < -0.3 is 14.2 Å². The van der Waals surface area contributed by atoms with E-state index in [1.54, 1.807) is 13.8 Å². The molecule has 0 heterocycles. The zero-order valence-electron chi connectivity index (χ0n) is 8.95. The fourth-order valence-electron chi connectivity index (χ4n) is 0.726. The Bertz CT molecular complexity index is 224. The molecule has 0 aliphatic carbocycles. The van der Waals surface area contributed by atoms with E-state index in [4.69, 9.17) is 4.74 Å². The summed E-state index contributed by atoms with van der Waals surface area (Å²) in [4.78, 5) is 22.5. The van der Waals surface area contributed by atoms with E-state index in [0.717, 1.165) is 6.26 Å². The first-order valence-corrected chi connectivity index (χ1v) is 4.62. The number of carbonyl (C=O) groups is 2. The quantitative estimate of drug-likeness (QED) is 0.164. The van der Waals surface area contributed by atoms with Gasteiger partial charge in [-0.2, -0.15) is 0 Å². The molecular weight excluding hydrogens is 200 g/mol. The fourth-order valence-corrected chi connectivity index (χ4v) is 0.726. The average Bonchev–Trinajstić information content (AvgIpc) is 2.19. The van der Waals surface area contributed by atoms with Crippen LogP contribution >= 0.6 is 0 Å². The lowest BCUT2D eigenvalue weighted by molar-refractivity contribution is -0.146. The molecule has 0 amide bonds. The van der Waals surface area contributed by atoms with Crippen LogP contribution in [0, 0.1) is 6.92 Å². The van der Waals surface area contributed by atoms with Gasteiger partial charge in [0.05, 0.1) is 13.2 Å². The summed E-state index contributed by atoms with van der Waals surface area (Å²) in [6.45, 7) is 7.17. The van der Waals surface area contributed by atoms with Gasteiger partial charge in [0.2, 0.25) is 6.61 Å². The zero-order valence-corrected chi connectivity index (χ0v) is 8.95. The molecule has 0 unspecified atom stereocenters. The Morgan fingerprint density at radius 2 is 1.73 bits per heavy atom. The van der Waals surface area contributed by atoms with E-state index in [0.29, 0.717) is 6.61 Å². The van der Waals surface area contributed by atoms with Crippen molar-refractivity contribution in [3.05, 3.63) is 18.8 Å². The van der Waals surface area contributed by atoms with E-state index < -0.39 is 11.9 Å². The van der Waals surface area contributed by atoms with Gasteiger partial charge >= 0.3 is 11.9 Å². The summed E-state index contributed by atoms with van der Waals surface area (Å²) in [6, 6.07) is 0. The summed E-state index contributed by atoms with van der Waals surface area (Å²) in [5.41, 5.74) is -0.262. The van der Waals surface area contributed by atoms with Gasteiger partial charge in [-0.1, -0.05) is 0 Å². The molecule has 0 radical (unpaired) electrons. The third-order valence-electron chi connectivity index (χ3n) is 1.32. The molecule has 0 saturated heterocycles. The zero-order chi connectivity index (χ0) is 11.7. The maximum atomic E-state index is 11.3. The average molecular weight is 215 g/mol. The predicted octanol–water partition coefficient (Wildman–Crippen LogP) is 0.847. The van der Waals surface area contributed by atoms with E-state index >= 15 is 0 Å². The van der Waals surface area contributed by atoms with E-state index in [-0.39, 0.29) is 18.8 Å². The summed E-state index contributed by atoms with van der Waals surface area (Å²) in [7, 11) is 0. The number of hydrogen-bond acceptors (Lipinski definition) is 5. The third kappa shape index (κ3) is 4.95. The summed E-state index contributed by atoms with van der Waals surface area (Å²) in [5, 5.41) is 0. The molecule has 0 atom stereocenters. The molecule has 0 aliphatic rings. The highest BCUT2D eigenvalue weighted by atomic mass is 16.6. The van der Waals surface area contributed by atoms with Crippen molar-refractivity contribution in [2.45, 2.75) is 13.8 Å². The Balaban J connectivity index is 4.57.